The molecule has 7 heteroatoms. The van der Waals surface area contributed by atoms with Gasteiger partial charge in [0.25, 0.3) is 5.91 Å². The highest BCUT2D eigenvalue weighted by Crippen LogP contribution is 2.35. The zero-order valence-electron chi connectivity index (χ0n) is 27.4. The lowest BCUT2D eigenvalue weighted by Crippen LogP contribution is -2.59. The summed E-state index contributed by atoms with van der Waals surface area (Å²) in [5.74, 6) is -0.719. The van der Waals surface area contributed by atoms with Gasteiger partial charge in [-0.05, 0) is 87.6 Å². The summed E-state index contributed by atoms with van der Waals surface area (Å²) in [5, 5.41) is 8.01. The molecule has 4 aromatic carbocycles. The third-order valence-electron chi connectivity index (χ3n) is 8.03. The summed E-state index contributed by atoms with van der Waals surface area (Å²) >= 11 is 0. The second kappa shape index (κ2) is 14.0. The van der Waals surface area contributed by atoms with Gasteiger partial charge in [-0.15, -0.1) is 0 Å². The van der Waals surface area contributed by atoms with Crippen molar-refractivity contribution in [1.82, 2.24) is 10.2 Å². The zero-order valence-corrected chi connectivity index (χ0v) is 27.4. The maximum absolute atomic E-state index is 14.9. The number of hydrogen-bond donors (Lipinski definition) is 2. The van der Waals surface area contributed by atoms with Gasteiger partial charge in [0.05, 0.1) is 0 Å². The van der Waals surface area contributed by atoms with E-state index in [-0.39, 0.29) is 18.2 Å². The quantitative estimate of drug-likeness (QED) is 0.191. The van der Waals surface area contributed by atoms with Gasteiger partial charge in [-0.1, -0.05) is 91.9 Å². The molecule has 236 valence electrons. The molecule has 0 heterocycles. The Balaban J connectivity index is 1.81. The second-order valence-electron chi connectivity index (χ2n) is 13.1. The van der Waals surface area contributed by atoms with E-state index in [1.807, 2.05) is 125 Å². The van der Waals surface area contributed by atoms with Crippen LogP contribution in [-0.4, -0.2) is 40.0 Å². The van der Waals surface area contributed by atoms with Gasteiger partial charge in [0.1, 0.15) is 17.7 Å². The SMILES string of the molecule is CCC(C)(C)N(C(=O)C(Cc1ccccc1)NC(=O)OC(C)(C)C)C(C(=O)Nc1ccc2ccccc2c1)c1ccccc1C. The van der Waals surface area contributed by atoms with E-state index in [0.717, 1.165) is 21.9 Å². The summed E-state index contributed by atoms with van der Waals surface area (Å²) in [6.07, 6.45) is 0.0933. The third-order valence-corrected chi connectivity index (χ3v) is 8.03. The van der Waals surface area contributed by atoms with E-state index in [1.54, 1.807) is 25.7 Å². The Kier molecular flexibility index (Phi) is 10.3. The standard InChI is InChI=1S/C38H45N3O4/c1-8-38(6,7)41(35(43)32(24-27-17-10-9-11-18-27)40-36(44)45-37(3,4)5)33(31-21-15-12-16-26(31)2)34(42)39-30-23-22-28-19-13-14-20-29(28)25-30/h9-23,25,32-33H,8,24H2,1-7H3,(H,39,42)(H,40,44). The van der Waals surface area contributed by atoms with Crippen LogP contribution in [0.2, 0.25) is 0 Å². The van der Waals surface area contributed by atoms with Crippen LogP contribution in [0, 0.1) is 6.92 Å². The Bertz CT molecular complexity index is 1640. The Morgan fingerprint density at radius 1 is 0.800 bits per heavy atom. The Morgan fingerprint density at radius 2 is 1.42 bits per heavy atom. The van der Waals surface area contributed by atoms with E-state index >= 15 is 0 Å². The molecule has 0 saturated heterocycles. The topological polar surface area (TPSA) is 87.7 Å². The number of carbonyl (C=O) groups excluding carboxylic acids is 3. The molecule has 0 aliphatic carbocycles. The first-order valence-electron chi connectivity index (χ1n) is 15.5. The molecule has 0 aromatic heterocycles. The van der Waals surface area contributed by atoms with Crippen molar-refractivity contribution in [2.75, 3.05) is 5.32 Å². The minimum absolute atomic E-state index is 0.224. The van der Waals surface area contributed by atoms with Crippen LogP contribution in [0.25, 0.3) is 10.8 Å². The lowest BCUT2D eigenvalue weighted by molar-refractivity contribution is -0.147. The first-order chi connectivity index (χ1) is 21.3. The van der Waals surface area contributed by atoms with Crippen LogP contribution in [0.5, 0.6) is 0 Å². The summed E-state index contributed by atoms with van der Waals surface area (Å²) in [5.41, 5.74) is 1.56. The maximum atomic E-state index is 14.9. The monoisotopic (exact) mass is 607 g/mol. The normalized spacial score (nSPS) is 13.0. The number of benzene rings is 4. The van der Waals surface area contributed by atoms with Crippen molar-refractivity contribution in [3.8, 4) is 0 Å². The molecule has 4 rings (SSSR count). The molecule has 2 atom stereocenters. The number of hydrogen-bond acceptors (Lipinski definition) is 4. The van der Waals surface area contributed by atoms with Crippen molar-refractivity contribution in [3.63, 3.8) is 0 Å². The van der Waals surface area contributed by atoms with Crippen molar-refractivity contribution in [2.24, 2.45) is 0 Å². The van der Waals surface area contributed by atoms with Gasteiger partial charge >= 0.3 is 6.09 Å². The molecule has 0 radical (unpaired) electrons. The molecule has 0 aliphatic rings. The van der Waals surface area contributed by atoms with Crippen LogP contribution < -0.4 is 10.6 Å². The van der Waals surface area contributed by atoms with Gasteiger partial charge < -0.3 is 20.3 Å². The van der Waals surface area contributed by atoms with Crippen LogP contribution >= 0.6 is 0 Å². The van der Waals surface area contributed by atoms with E-state index in [9.17, 15) is 14.4 Å². The summed E-state index contributed by atoms with van der Waals surface area (Å²) in [4.78, 5) is 44.1. The Hall–Kier alpha value is -4.65. The minimum Gasteiger partial charge on any atom is -0.444 e. The van der Waals surface area contributed by atoms with Crippen molar-refractivity contribution in [1.29, 1.82) is 0 Å². The number of alkyl carbamates (subject to hydrolysis) is 1. The second-order valence-corrected chi connectivity index (χ2v) is 13.1. The smallest absolute Gasteiger partial charge is 0.408 e. The molecule has 0 fully saturated rings. The van der Waals surface area contributed by atoms with E-state index in [0.29, 0.717) is 17.7 Å². The maximum Gasteiger partial charge on any atom is 0.408 e. The number of ether oxygens (including phenoxy) is 1. The molecule has 4 aromatic rings. The van der Waals surface area contributed by atoms with Crippen LogP contribution in [0.4, 0.5) is 10.5 Å². The Morgan fingerprint density at radius 3 is 2.07 bits per heavy atom. The van der Waals surface area contributed by atoms with Crippen molar-refractivity contribution in [2.45, 2.75) is 84.5 Å². The number of fused-ring (bicyclic) bond motifs is 1. The fourth-order valence-electron chi connectivity index (χ4n) is 5.38. The predicted molar refractivity (Wildman–Crippen MR) is 181 cm³/mol. The van der Waals surface area contributed by atoms with Gasteiger partial charge in [0, 0.05) is 17.6 Å². The minimum atomic E-state index is -0.993. The number of aryl methyl sites for hydroxylation is 1. The number of rotatable bonds is 10. The van der Waals surface area contributed by atoms with E-state index in [2.05, 4.69) is 10.6 Å². The summed E-state index contributed by atoms with van der Waals surface area (Å²) in [6.45, 7) is 13.2. The molecule has 2 unspecified atom stereocenters. The largest absolute Gasteiger partial charge is 0.444 e. The molecule has 45 heavy (non-hydrogen) atoms. The van der Waals surface area contributed by atoms with Gasteiger partial charge in [0.2, 0.25) is 5.91 Å². The van der Waals surface area contributed by atoms with Crippen LogP contribution in [0.15, 0.2) is 97.1 Å². The first kappa shape index (κ1) is 33.2. The first-order valence-corrected chi connectivity index (χ1v) is 15.5. The molecule has 0 spiro atoms. The van der Waals surface area contributed by atoms with Crippen molar-refractivity contribution < 1.29 is 19.1 Å². The average Bonchev–Trinajstić information content (AvgIpc) is 2.99. The highest BCUT2D eigenvalue weighted by Gasteiger charge is 2.43. The van der Waals surface area contributed by atoms with Gasteiger partial charge in [-0.25, -0.2) is 4.79 Å². The van der Waals surface area contributed by atoms with E-state index in [4.69, 9.17) is 4.74 Å². The average molecular weight is 608 g/mol. The molecular formula is C38H45N3O4. The van der Waals surface area contributed by atoms with Crippen LogP contribution in [0.3, 0.4) is 0 Å². The third kappa shape index (κ3) is 8.50. The highest BCUT2D eigenvalue weighted by atomic mass is 16.6. The molecule has 0 bridgehead atoms. The van der Waals surface area contributed by atoms with Crippen molar-refractivity contribution in [3.05, 3.63) is 114 Å². The lowest BCUT2D eigenvalue weighted by Gasteiger charge is -2.45. The molecule has 0 saturated carbocycles. The molecule has 7 nitrogen and oxygen atoms in total. The summed E-state index contributed by atoms with van der Waals surface area (Å²) < 4.78 is 5.57. The Labute approximate surface area is 267 Å². The van der Waals surface area contributed by atoms with Gasteiger partial charge in [-0.3, -0.25) is 9.59 Å². The predicted octanol–water partition coefficient (Wildman–Crippen LogP) is 7.98. The van der Waals surface area contributed by atoms with Gasteiger partial charge in [0.15, 0.2) is 0 Å². The van der Waals surface area contributed by atoms with Crippen LogP contribution in [-0.2, 0) is 20.7 Å². The zero-order chi connectivity index (χ0) is 32.8. The number of amides is 3. The highest BCUT2D eigenvalue weighted by molar-refractivity contribution is 6.01. The number of carbonyl (C=O) groups is 3. The van der Waals surface area contributed by atoms with E-state index < -0.39 is 29.3 Å². The fourth-order valence-corrected chi connectivity index (χ4v) is 5.38. The lowest BCUT2D eigenvalue weighted by atomic mass is 9.89. The molecule has 0 aliphatic heterocycles. The number of anilines is 1. The number of nitrogens with one attached hydrogen (secondary N) is 2. The van der Waals surface area contributed by atoms with Gasteiger partial charge in [-0.2, -0.15) is 0 Å². The molecule has 2 N–H and O–H groups in total. The number of nitrogens with zero attached hydrogens (tertiary/aromatic N) is 1. The summed E-state index contributed by atoms with van der Waals surface area (Å²) in [6, 6.07) is 28.9. The summed E-state index contributed by atoms with van der Waals surface area (Å²) in [7, 11) is 0. The molecule has 3 amide bonds. The van der Waals surface area contributed by atoms with Crippen molar-refractivity contribution >= 4 is 34.4 Å². The fraction of sp³-hybridized carbons (Fsp3) is 0.342. The van der Waals surface area contributed by atoms with Crippen LogP contribution in [0.1, 0.15) is 70.7 Å². The molecular weight excluding hydrogens is 562 g/mol. The van der Waals surface area contributed by atoms with E-state index in [1.165, 1.54) is 0 Å².